The van der Waals surface area contributed by atoms with Gasteiger partial charge in [-0.2, -0.15) is 0 Å². The molecule has 0 amide bonds. The number of carboxylic acids is 1. The van der Waals surface area contributed by atoms with Crippen LogP contribution in [-0.4, -0.2) is 36.5 Å². The summed E-state index contributed by atoms with van der Waals surface area (Å²) in [5, 5.41) is 10.1. The van der Waals surface area contributed by atoms with Crippen LogP contribution in [0.15, 0.2) is 103 Å². The van der Waals surface area contributed by atoms with Gasteiger partial charge >= 0.3 is 5.97 Å². The van der Waals surface area contributed by atoms with E-state index in [1.54, 1.807) is 6.07 Å². The van der Waals surface area contributed by atoms with E-state index >= 15 is 0 Å². The number of carbonyl (C=O) groups is 1. The SMILES string of the molecule is CCOc1ccc(Cc2ccc(C(=O)O)c([C@H]3C[C@@H](OCc4ccccc4)C[C@@H](COCc4ccccc4)O3)c2)cc1. The van der Waals surface area contributed by atoms with Crippen molar-refractivity contribution in [3.63, 3.8) is 0 Å². The zero-order chi connectivity index (χ0) is 29.1. The number of hydrogen-bond acceptors (Lipinski definition) is 5. The van der Waals surface area contributed by atoms with Crippen molar-refractivity contribution >= 4 is 5.97 Å². The van der Waals surface area contributed by atoms with Gasteiger partial charge in [0.2, 0.25) is 0 Å². The first-order valence-electron chi connectivity index (χ1n) is 14.6. The fraction of sp³-hybridized carbons (Fsp3) is 0.306. The Bertz CT molecular complexity index is 1400. The number of benzene rings is 4. The summed E-state index contributed by atoms with van der Waals surface area (Å²) in [5.41, 5.74) is 5.26. The monoisotopic (exact) mass is 566 g/mol. The van der Waals surface area contributed by atoms with Gasteiger partial charge in [0.15, 0.2) is 0 Å². The van der Waals surface area contributed by atoms with E-state index in [9.17, 15) is 9.90 Å². The van der Waals surface area contributed by atoms with Crippen LogP contribution >= 0.6 is 0 Å². The summed E-state index contributed by atoms with van der Waals surface area (Å²) in [4.78, 5) is 12.3. The van der Waals surface area contributed by atoms with Crippen LogP contribution in [0, 0.1) is 0 Å². The Morgan fingerprint density at radius 2 is 1.48 bits per heavy atom. The fourth-order valence-electron chi connectivity index (χ4n) is 5.38. The quantitative estimate of drug-likeness (QED) is 0.182. The zero-order valence-corrected chi connectivity index (χ0v) is 24.0. The van der Waals surface area contributed by atoms with Crippen LogP contribution in [0.1, 0.15) is 64.0 Å². The Kier molecular flexibility index (Phi) is 10.4. The second-order valence-electron chi connectivity index (χ2n) is 10.6. The van der Waals surface area contributed by atoms with Gasteiger partial charge in [0.05, 0.1) is 50.3 Å². The standard InChI is InChI=1S/C36H38O6/c1-2-40-30-16-13-26(14-17-30)19-29-15-18-33(36(37)38)34(20-29)35-22-31(41-24-28-11-7-4-8-12-28)21-32(42-35)25-39-23-27-9-5-3-6-10-27/h3-18,20,31-32,35H,2,19,21-25H2,1H3,(H,37,38)/t31-,32-,35+/m0/s1. The Morgan fingerprint density at radius 3 is 2.14 bits per heavy atom. The molecule has 42 heavy (non-hydrogen) atoms. The largest absolute Gasteiger partial charge is 0.494 e. The lowest BCUT2D eigenvalue weighted by molar-refractivity contribution is -0.142. The Balaban J connectivity index is 1.34. The Labute approximate surface area is 247 Å². The zero-order valence-electron chi connectivity index (χ0n) is 24.0. The molecule has 1 aliphatic rings. The van der Waals surface area contributed by atoms with E-state index in [4.69, 9.17) is 18.9 Å². The van der Waals surface area contributed by atoms with Crippen LogP contribution < -0.4 is 4.74 Å². The van der Waals surface area contributed by atoms with Crippen molar-refractivity contribution in [3.8, 4) is 5.75 Å². The molecular weight excluding hydrogens is 528 g/mol. The maximum Gasteiger partial charge on any atom is 0.336 e. The Morgan fingerprint density at radius 1 is 0.810 bits per heavy atom. The molecule has 1 fully saturated rings. The van der Waals surface area contributed by atoms with Gasteiger partial charge in [0.1, 0.15) is 5.75 Å². The highest BCUT2D eigenvalue weighted by Gasteiger charge is 2.33. The highest BCUT2D eigenvalue weighted by atomic mass is 16.5. The van der Waals surface area contributed by atoms with Gasteiger partial charge in [-0.15, -0.1) is 0 Å². The lowest BCUT2D eigenvalue weighted by Crippen LogP contribution is -2.36. The predicted molar refractivity (Wildman–Crippen MR) is 162 cm³/mol. The normalized spacial score (nSPS) is 18.5. The van der Waals surface area contributed by atoms with Crippen LogP contribution in [0.3, 0.4) is 0 Å². The number of carboxylic acid groups (broad SMARTS) is 1. The van der Waals surface area contributed by atoms with Crippen molar-refractivity contribution in [2.75, 3.05) is 13.2 Å². The maximum atomic E-state index is 12.3. The lowest BCUT2D eigenvalue weighted by atomic mass is 9.90. The molecule has 4 aromatic rings. The van der Waals surface area contributed by atoms with E-state index in [0.29, 0.717) is 51.3 Å². The summed E-state index contributed by atoms with van der Waals surface area (Å²) < 4.78 is 24.5. The van der Waals surface area contributed by atoms with Gasteiger partial charge in [-0.1, -0.05) is 84.9 Å². The van der Waals surface area contributed by atoms with Crippen molar-refractivity contribution in [1.82, 2.24) is 0 Å². The minimum atomic E-state index is -0.967. The Hall–Kier alpha value is -3.97. The molecule has 1 saturated heterocycles. The minimum absolute atomic E-state index is 0.106. The van der Waals surface area contributed by atoms with Crippen molar-refractivity contribution in [3.05, 3.63) is 137 Å². The van der Waals surface area contributed by atoms with Gasteiger partial charge in [-0.05, 0) is 59.4 Å². The molecule has 0 aliphatic carbocycles. The average molecular weight is 567 g/mol. The molecule has 3 atom stereocenters. The smallest absolute Gasteiger partial charge is 0.336 e. The molecular formula is C36H38O6. The summed E-state index contributed by atoms with van der Waals surface area (Å²) in [6.07, 6.45) is 1.14. The van der Waals surface area contributed by atoms with Crippen LogP contribution in [0.2, 0.25) is 0 Å². The van der Waals surface area contributed by atoms with Crippen LogP contribution in [-0.2, 0) is 33.8 Å². The van der Waals surface area contributed by atoms with Crippen molar-refractivity contribution in [2.45, 2.75) is 57.7 Å². The summed E-state index contributed by atoms with van der Waals surface area (Å²) in [6.45, 7) is 3.95. The average Bonchev–Trinajstić information content (AvgIpc) is 3.02. The van der Waals surface area contributed by atoms with Crippen molar-refractivity contribution in [2.24, 2.45) is 0 Å². The van der Waals surface area contributed by atoms with Gasteiger partial charge < -0.3 is 24.1 Å². The number of rotatable bonds is 13. The molecule has 0 bridgehead atoms. The summed E-state index contributed by atoms with van der Waals surface area (Å²) in [6, 6.07) is 33.7. The van der Waals surface area contributed by atoms with Crippen LogP contribution in [0.5, 0.6) is 5.75 Å². The van der Waals surface area contributed by atoms with Crippen molar-refractivity contribution in [1.29, 1.82) is 0 Å². The summed E-state index contributed by atoms with van der Waals surface area (Å²) >= 11 is 0. The highest BCUT2D eigenvalue weighted by molar-refractivity contribution is 5.89. The first-order chi connectivity index (χ1) is 20.6. The molecule has 1 aliphatic heterocycles. The van der Waals surface area contributed by atoms with Gasteiger partial charge in [-0.25, -0.2) is 4.79 Å². The van der Waals surface area contributed by atoms with E-state index < -0.39 is 12.1 Å². The first kappa shape index (κ1) is 29.5. The topological polar surface area (TPSA) is 74.2 Å². The highest BCUT2D eigenvalue weighted by Crippen LogP contribution is 2.36. The molecule has 0 spiro atoms. The van der Waals surface area contributed by atoms with Crippen molar-refractivity contribution < 1.29 is 28.8 Å². The summed E-state index contributed by atoms with van der Waals surface area (Å²) in [7, 11) is 0. The molecule has 1 N–H and O–H groups in total. The molecule has 6 nitrogen and oxygen atoms in total. The van der Waals surface area contributed by atoms with E-state index in [1.807, 2.05) is 104 Å². The second kappa shape index (κ2) is 14.8. The molecule has 5 rings (SSSR count). The van der Waals surface area contributed by atoms with E-state index in [0.717, 1.165) is 28.0 Å². The van der Waals surface area contributed by atoms with E-state index in [-0.39, 0.29) is 17.8 Å². The molecule has 1 heterocycles. The summed E-state index contributed by atoms with van der Waals surface area (Å²) in [5.74, 6) is -0.133. The molecule has 218 valence electrons. The molecule has 0 radical (unpaired) electrons. The van der Waals surface area contributed by atoms with E-state index in [1.165, 1.54) is 0 Å². The molecule has 0 aromatic heterocycles. The molecule has 4 aromatic carbocycles. The third-order valence-electron chi connectivity index (χ3n) is 7.44. The van der Waals surface area contributed by atoms with Crippen LogP contribution in [0.4, 0.5) is 0 Å². The van der Waals surface area contributed by atoms with Crippen LogP contribution in [0.25, 0.3) is 0 Å². The van der Waals surface area contributed by atoms with Gasteiger partial charge in [0, 0.05) is 12.8 Å². The second-order valence-corrected chi connectivity index (χ2v) is 10.6. The lowest BCUT2D eigenvalue weighted by Gasteiger charge is -2.36. The predicted octanol–water partition coefficient (Wildman–Crippen LogP) is 7.40. The molecule has 0 saturated carbocycles. The minimum Gasteiger partial charge on any atom is -0.494 e. The van der Waals surface area contributed by atoms with E-state index in [2.05, 4.69) is 0 Å². The molecule has 6 heteroatoms. The third-order valence-corrected chi connectivity index (χ3v) is 7.44. The fourth-order valence-corrected chi connectivity index (χ4v) is 5.38. The number of hydrogen-bond donors (Lipinski definition) is 1. The number of aromatic carboxylic acids is 1. The maximum absolute atomic E-state index is 12.3. The van der Waals surface area contributed by atoms with Gasteiger partial charge in [-0.3, -0.25) is 0 Å². The third kappa shape index (κ3) is 8.29. The number of ether oxygens (including phenoxy) is 4. The first-order valence-corrected chi connectivity index (χ1v) is 14.6. The van der Waals surface area contributed by atoms with Gasteiger partial charge in [0.25, 0.3) is 0 Å². The molecule has 0 unspecified atom stereocenters.